The van der Waals surface area contributed by atoms with Gasteiger partial charge in [-0.1, -0.05) is 108 Å². The third-order valence-electron chi connectivity index (χ3n) is 7.50. The second kappa shape index (κ2) is 23.9. The standard InChI is InChI=1S/C33H56N2O7/c1-5-8-9-10-11-12-13-14-15-19-22-28(32(37)38)26(4)30(31(36)34-24-23-29(40-6-2)41-7-3)35-33(39)42-25-27-20-17-16-18-21-27/h16-18,20-21,26,28-30H,5-15,19,22-25H2,1-4H3,(H,34,36)(H,35,39)(H,37,38)/t26-,28?,30-/m0/s1. The molecule has 0 saturated heterocycles. The number of nitrogens with one attached hydrogen (secondary N) is 2. The van der Waals surface area contributed by atoms with Crippen LogP contribution in [0.4, 0.5) is 4.79 Å². The van der Waals surface area contributed by atoms with E-state index in [1.54, 1.807) is 6.92 Å². The Labute approximate surface area is 253 Å². The number of carbonyl (C=O) groups excluding carboxylic acids is 2. The molecule has 9 nitrogen and oxygen atoms in total. The number of hydrogen-bond acceptors (Lipinski definition) is 6. The van der Waals surface area contributed by atoms with E-state index in [1.165, 1.54) is 38.5 Å². The van der Waals surface area contributed by atoms with E-state index < -0.39 is 42.1 Å². The van der Waals surface area contributed by atoms with Gasteiger partial charge in [-0.25, -0.2) is 4.79 Å². The molecule has 0 bridgehead atoms. The summed E-state index contributed by atoms with van der Waals surface area (Å²) in [5.74, 6) is -2.87. The Morgan fingerprint density at radius 2 is 1.38 bits per heavy atom. The summed E-state index contributed by atoms with van der Waals surface area (Å²) in [6.07, 6.45) is 11.2. The van der Waals surface area contributed by atoms with Crippen LogP contribution in [0.25, 0.3) is 0 Å². The minimum Gasteiger partial charge on any atom is -0.481 e. The molecule has 0 aliphatic carbocycles. The Balaban J connectivity index is 2.75. The van der Waals surface area contributed by atoms with Gasteiger partial charge in [0.15, 0.2) is 6.29 Å². The lowest BCUT2D eigenvalue weighted by Gasteiger charge is -2.29. The van der Waals surface area contributed by atoms with Gasteiger partial charge in [0.1, 0.15) is 12.6 Å². The fourth-order valence-corrected chi connectivity index (χ4v) is 5.03. The molecular weight excluding hydrogens is 536 g/mol. The largest absolute Gasteiger partial charge is 0.481 e. The number of carboxylic acid groups (broad SMARTS) is 1. The first kappa shape index (κ1) is 37.4. The zero-order valence-corrected chi connectivity index (χ0v) is 26.4. The third-order valence-corrected chi connectivity index (χ3v) is 7.50. The van der Waals surface area contributed by atoms with Crippen LogP contribution in [-0.2, 0) is 30.4 Å². The summed E-state index contributed by atoms with van der Waals surface area (Å²) in [5.41, 5.74) is 0.809. The second-order valence-corrected chi connectivity index (χ2v) is 10.9. The Morgan fingerprint density at radius 1 is 0.810 bits per heavy atom. The van der Waals surface area contributed by atoms with Gasteiger partial charge in [0, 0.05) is 26.2 Å². The van der Waals surface area contributed by atoms with E-state index in [4.69, 9.17) is 14.2 Å². The van der Waals surface area contributed by atoms with Gasteiger partial charge < -0.3 is 30.0 Å². The zero-order valence-electron chi connectivity index (χ0n) is 26.4. The Bertz CT molecular complexity index is 846. The van der Waals surface area contributed by atoms with Crippen LogP contribution in [0.5, 0.6) is 0 Å². The molecule has 240 valence electrons. The number of amides is 2. The molecule has 42 heavy (non-hydrogen) atoms. The quantitative estimate of drug-likeness (QED) is 0.0839. The summed E-state index contributed by atoms with van der Waals surface area (Å²) < 4.78 is 16.4. The highest BCUT2D eigenvalue weighted by Crippen LogP contribution is 2.24. The SMILES string of the molecule is CCCCCCCCCCCCC(C(=O)O)[C@H](C)[C@H](NC(=O)OCc1ccccc1)C(=O)NCCC(OCC)OCC. The zero-order chi connectivity index (χ0) is 31.0. The Kier molecular flexibility index (Phi) is 21.2. The van der Waals surface area contributed by atoms with Crippen LogP contribution < -0.4 is 10.6 Å². The minimum absolute atomic E-state index is 0.0424. The first-order chi connectivity index (χ1) is 20.3. The molecule has 1 rings (SSSR count). The molecular formula is C33H56N2O7. The van der Waals surface area contributed by atoms with Gasteiger partial charge >= 0.3 is 12.1 Å². The molecule has 2 amide bonds. The summed E-state index contributed by atoms with van der Waals surface area (Å²) >= 11 is 0. The van der Waals surface area contributed by atoms with Crippen LogP contribution >= 0.6 is 0 Å². The van der Waals surface area contributed by atoms with Crippen molar-refractivity contribution in [1.29, 1.82) is 0 Å². The molecule has 1 aromatic rings. The average molecular weight is 593 g/mol. The fourth-order valence-electron chi connectivity index (χ4n) is 5.03. The van der Waals surface area contributed by atoms with Gasteiger partial charge in [0.25, 0.3) is 0 Å². The van der Waals surface area contributed by atoms with E-state index in [0.29, 0.717) is 26.1 Å². The van der Waals surface area contributed by atoms with E-state index in [9.17, 15) is 19.5 Å². The van der Waals surface area contributed by atoms with E-state index >= 15 is 0 Å². The summed E-state index contributed by atoms with van der Waals surface area (Å²) in [6, 6.07) is 8.15. The molecule has 3 atom stereocenters. The molecule has 0 spiro atoms. The monoisotopic (exact) mass is 592 g/mol. The Morgan fingerprint density at radius 3 is 1.93 bits per heavy atom. The maximum Gasteiger partial charge on any atom is 0.408 e. The van der Waals surface area contributed by atoms with Crippen molar-refractivity contribution in [2.24, 2.45) is 11.8 Å². The smallest absolute Gasteiger partial charge is 0.408 e. The van der Waals surface area contributed by atoms with E-state index in [2.05, 4.69) is 17.6 Å². The molecule has 3 N–H and O–H groups in total. The molecule has 0 saturated carbocycles. The topological polar surface area (TPSA) is 123 Å². The molecule has 0 fully saturated rings. The molecule has 0 aliphatic heterocycles. The van der Waals surface area contributed by atoms with Crippen molar-refractivity contribution in [2.45, 2.75) is 124 Å². The second-order valence-electron chi connectivity index (χ2n) is 10.9. The molecule has 0 heterocycles. The lowest BCUT2D eigenvalue weighted by molar-refractivity contribution is -0.144. The first-order valence-electron chi connectivity index (χ1n) is 16.0. The molecule has 0 aliphatic rings. The Hall–Kier alpha value is -2.65. The lowest BCUT2D eigenvalue weighted by atomic mass is 9.83. The minimum atomic E-state index is -1.07. The number of rotatable bonds is 25. The van der Waals surface area contributed by atoms with Crippen molar-refractivity contribution in [3.63, 3.8) is 0 Å². The van der Waals surface area contributed by atoms with Gasteiger partial charge in [0.2, 0.25) is 5.91 Å². The van der Waals surface area contributed by atoms with Crippen molar-refractivity contribution in [2.75, 3.05) is 19.8 Å². The number of hydrogen-bond donors (Lipinski definition) is 3. The number of carbonyl (C=O) groups is 3. The number of alkyl carbamates (subject to hydrolysis) is 1. The fraction of sp³-hybridized carbons (Fsp3) is 0.727. The summed E-state index contributed by atoms with van der Waals surface area (Å²) in [6.45, 7) is 8.92. The summed E-state index contributed by atoms with van der Waals surface area (Å²) in [7, 11) is 0. The van der Waals surface area contributed by atoms with Crippen molar-refractivity contribution in [1.82, 2.24) is 10.6 Å². The number of aliphatic carboxylic acids is 1. The average Bonchev–Trinajstić information content (AvgIpc) is 2.98. The van der Waals surface area contributed by atoms with E-state index in [-0.39, 0.29) is 13.2 Å². The van der Waals surface area contributed by atoms with Crippen LogP contribution in [0.3, 0.4) is 0 Å². The number of unbranched alkanes of at least 4 members (excludes halogenated alkanes) is 9. The van der Waals surface area contributed by atoms with Crippen molar-refractivity contribution < 1.29 is 33.7 Å². The lowest BCUT2D eigenvalue weighted by Crippen LogP contribution is -2.53. The third kappa shape index (κ3) is 16.7. The highest BCUT2D eigenvalue weighted by Gasteiger charge is 2.36. The van der Waals surface area contributed by atoms with Crippen LogP contribution in [0.15, 0.2) is 30.3 Å². The predicted octanol–water partition coefficient (Wildman–Crippen LogP) is 6.83. The van der Waals surface area contributed by atoms with E-state index in [1.807, 2.05) is 44.2 Å². The number of carboxylic acids is 1. The van der Waals surface area contributed by atoms with E-state index in [0.717, 1.165) is 31.2 Å². The molecule has 0 radical (unpaired) electrons. The summed E-state index contributed by atoms with van der Waals surface area (Å²) in [4.78, 5) is 38.3. The van der Waals surface area contributed by atoms with Crippen molar-refractivity contribution in [3.05, 3.63) is 35.9 Å². The molecule has 9 heteroatoms. The molecule has 1 aromatic carbocycles. The maximum absolute atomic E-state index is 13.3. The van der Waals surface area contributed by atoms with Crippen LogP contribution in [0.1, 0.15) is 110 Å². The summed E-state index contributed by atoms with van der Waals surface area (Å²) in [5, 5.41) is 15.5. The molecule has 0 aromatic heterocycles. The van der Waals surface area contributed by atoms with Crippen LogP contribution in [-0.4, -0.2) is 55.2 Å². The highest BCUT2D eigenvalue weighted by molar-refractivity contribution is 5.86. The maximum atomic E-state index is 13.3. The van der Waals surface area contributed by atoms with Gasteiger partial charge in [-0.15, -0.1) is 0 Å². The van der Waals surface area contributed by atoms with Gasteiger partial charge in [-0.05, 0) is 31.7 Å². The van der Waals surface area contributed by atoms with Gasteiger partial charge in [-0.3, -0.25) is 9.59 Å². The van der Waals surface area contributed by atoms with Gasteiger partial charge in [-0.2, -0.15) is 0 Å². The van der Waals surface area contributed by atoms with Crippen LogP contribution in [0, 0.1) is 11.8 Å². The highest BCUT2D eigenvalue weighted by atomic mass is 16.7. The first-order valence-corrected chi connectivity index (χ1v) is 16.0. The predicted molar refractivity (Wildman–Crippen MR) is 165 cm³/mol. The number of benzene rings is 1. The number of ether oxygens (including phenoxy) is 3. The normalized spacial score (nSPS) is 13.4. The van der Waals surface area contributed by atoms with Crippen molar-refractivity contribution in [3.8, 4) is 0 Å². The molecule has 1 unspecified atom stereocenters. The van der Waals surface area contributed by atoms with Gasteiger partial charge in [0.05, 0.1) is 5.92 Å². The van der Waals surface area contributed by atoms with Crippen LogP contribution in [0.2, 0.25) is 0 Å². The van der Waals surface area contributed by atoms with Crippen molar-refractivity contribution >= 4 is 18.0 Å².